The minimum absolute atomic E-state index is 0.655. The fourth-order valence-electron chi connectivity index (χ4n) is 8.21. The second kappa shape index (κ2) is 10.4. The zero-order valence-corrected chi connectivity index (χ0v) is 27.0. The molecule has 0 unspecified atom stereocenters. The molecule has 0 N–H and O–H groups in total. The van der Waals surface area contributed by atoms with Crippen LogP contribution >= 0.6 is 0 Å². The predicted molar refractivity (Wildman–Crippen MR) is 206 cm³/mol. The number of hydrogen-bond donors (Lipinski definition) is 0. The molecule has 0 fully saturated rings. The van der Waals surface area contributed by atoms with E-state index in [4.69, 9.17) is 9.97 Å². The minimum Gasteiger partial charge on any atom is -0.309 e. The molecule has 0 bridgehead atoms. The molecular formula is C46H28N4. The predicted octanol–water partition coefficient (Wildman–Crippen LogP) is 11.7. The van der Waals surface area contributed by atoms with E-state index in [0.717, 1.165) is 39.1 Å². The standard InChI is InChI=1S/C46H28N4/c1-2-14-29(15-3-1)49-41-24-12-10-21-35(41)38-27-44-39(26-43(38)49)36-22-11-13-25-42(36)50(44)46-47-28-40-34-20-7-6-18-32(34)30-16-4-5-17-31(30)33-19-8-9-23-37(33)45(40)48-46/h1-28H. The fourth-order valence-corrected chi connectivity index (χ4v) is 8.21. The van der Waals surface area contributed by atoms with E-state index >= 15 is 0 Å². The zero-order valence-electron chi connectivity index (χ0n) is 27.0. The highest BCUT2D eigenvalue weighted by atomic mass is 15.2. The lowest BCUT2D eigenvalue weighted by Gasteiger charge is -2.22. The van der Waals surface area contributed by atoms with E-state index in [-0.39, 0.29) is 0 Å². The molecule has 1 aliphatic carbocycles. The van der Waals surface area contributed by atoms with Crippen LogP contribution in [0.3, 0.4) is 0 Å². The van der Waals surface area contributed by atoms with Crippen molar-refractivity contribution >= 4 is 43.6 Å². The van der Waals surface area contributed by atoms with Gasteiger partial charge in [-0.15, -0.1) is 0 Å². The number of fused-ring (bicyclic) bond motifs is 14. The van der Waals surface area contributed by atoms with Gasteiger partial charge in [-0.25, -0.2) is 9.97 Å². The third kappa shape index (κ3) is 3.76. The lowest BCUT2D eigenvalue weighted by Crippen LogP contribution is -2.05. The van der Waals surface area contributed by atoms with Crippen LogP contribution in [0.1, 0.15) is 0 Å². The van der Waals surface area contributed by atoms with E-state index in [1.54, 1.807) is 0 Å². The molecule has 4 nitrogen and oxygen atoms in total. The topological polar surface area (TPSA) is 35.6 Å². The molecule has 0 aliphatic heterocycles. The van der Waals surface area contributed by atoms with Gasteiger partial charge in [0.2, 0.25) is 5.95 Å². The van der Waals surface area contributed by atoms with Gasteiger partial charge in [0.25, 0.3) is 0 Å². The van der Waals surface area contributed by atoms with Crippen molar-refractivity contribution in [3.8, 4) is 56.3 Å². The molecule has 50 heavy (non-hydrogen) atoms. The van der Waals surface area contributed by atoms with Gasteiger partial charge in [-0.05, 0) is 64.2 Å². The van der Waals surface area contributed by atoms with Crippen LogP contribution in [0.25, 0.3) is 99.9 Å². The van der Waals surface area contributed by atoms with Crippen molar-refractivity contribution in [2.75, 3.05) is 0 Å². The first kappa shape index (κ1) is 27.2. The van der Waals surface area contributed by atoms with Crippen LogP contribution in [-0.4, -0.2) is 19.1 Å². The van der Waals surface area contributed by atoms with Crippen LogP contribution in [0, 0.1) is 0 Å². The lowest BCUT2D eigenvalue weighted by molar-refractivity contribution is 0.994. The molecule has 0 saturated carbocycles. The summed E-state index contributed by atoms with van der Waals surface area (Å²) in [6, 6.07) is 58.6. The van der Waals surface area contributed by atoms with E-state index in [0.29, 0.717) is 5.95 Å². The van der Waals surface area contributed by atoms with Gasteiger partial charge in [-0.2, -0.15) is 0 Å². The average molecular weight is 637 g/mol. The number of aromatic nitrogens is 4. The second-order valence-corrected chi connectivity index (χ2v) is 13.0. The molecule has 7 aromatic carbocycles. The van der Waals surface area contributed by atoms with Crippen molar-refractivity contribution in [1.82, 2.24) is 19.1 Å². The smallest absolute Gasteiger partial charge is 0.235 e. The Morgan fingerprint density at radius 1 is 0.340 bits per heavy atom. The first-order chi connectivity index (χ1) is 24.8. The minimum atomic E-state index is 0.655. The highest BCUT2D eigenvalue weighted by molar-refractivity contribution is 6.19. The van der Waals surface area contributed by atoms with E-state index in [9.17, 15) is 0 Å². The van der Waals surface area contributed by atoms with Gasteiger partial charge in [0.1, 0.15) is 0 Å². The van der Waals surface area contributed by atoms with Crippen molar-refractivity contribution in [3.63, 3.8) is 0 Å². The first-order valence-electron chi connectivity index (χ1n) is 17.0. The molecule has 0 spiro atoms. The van der Waals surface area contributed by atoms with Crippen LogP contribution in [0.4, 0.5) is 0 Å². The Kier molecular flexibility index (Phi) is 5.63. The SMILES string of the molecule is c1ccc(-n2c3ccccc3c3cc4c(cc32)c2ccccc2n4-c2ncc3c(n2)-c2ccccc2-c2ccccc2-c2ccccc2-3)cc1. The van der Waals surface area contributed by atoms with Crippen LogP contribution in [0.15, 0.2) is 170 Å². The third-order valence-corrected chi connectivity index (χ3v) is 10.4. The van der Waals surface area contributed by atoms with Crippen molar-refractivity contribution < 1.29 is 0 Å². The lowest BCUT2D eigenvalue weighted by atomic mass is 9.83. The number of rotatable bonds is 2. The van der Waals surface area contributed by atoms with Gasteiger partial charge >= 0.3 is 0 Å². The maximum Gasteiger partial charge on any atom is 0.235 e. The Balaban J connectivity index is 1.24. The molecule has 0 atom stereocenters. The summed E-state index contributed by atoms with van der Waals surface area (Å²) in [5, 5.41) is 4.75. The van der Waals surface area contributed by atoms with Crippen molar-refractivity contribution in [1.29, 1.82) is 0 Å². The molecule has 3 aromatic heterocycles. The van der Waals surface area contributed by atoms with Crippen LogP contribution in [0.2, 0.25) is 0 Å². The quantitative estimate of drug-likeness (QED) is 0.189. The molecule has 3 heterocycles. The first-order valence-corrected chi connectivity index (χ1v) is 17.0. The molecule has 0 saturated heterocycles. The van der Waals surface area contributed by atoms with Gasteiger partial charge < -0.3 is 4.57 Å². The van der Waals surface area contributed by atoms with E-state index in [1.165, 1.54) is 54.8 Å². The third-order valence-electron chi connectivity index (χ3n) is 10.4. The molecule has 232 valence electrons. The van der Waals surface area contributed by atoms with Crippen molar-refractivity contribution in [2.24, 2.45) is 0 Å². The highest BCUT2D eigenvalue weighted by Crippen LogP contribution is 2.47. The van der Waals surface area contributed by atoms with E-state index < -0.39 is 0 Å². The Morgan fingerprint density at radius 3 is 1.38 bits per heavy atom. The van der Waals surface area contributed by atoms with Crippen molar-refractivity contribution in [2.45, 2.75) is 0 Å². The normalized spacial score (nSPS) is 12.0. The second-order valence-electron chi connectivity index (χ2n) is 13.0. The molecule has 10 aromatic rings. The van der Waals surface area contributed by atoms with E-state index in [1.807, 2.05) is 6.20 Å². The summed E-state index contributed by atoms with van der Waals surface area (Å²) in [6.07, 6.45) is 2.03. The molecule has 0 amide bonds. The summed E-state index contributed by atoms with van der Waals surface area (Å²) in [7, 11) is 0. The van der Waals surface area contributed by atoms with E-state index in [2.05, 4.69) is 173 Å². The maximum atomic E-state index is 5.51. The van der Waals surface area contributed by atoms with Gasteiger partial charge in [-0.3, -0.25) is 4.57 Å². The number of nitrogens with zero attached hydrogens (tertiary/aromatic N) is 4. The molecule has 1 aliphatic rings. The van der Waals surface area contributed by atoms with Gasteiger partial charge in [-0.1, -0.05) is 127 Å². The number of benzene rings is 7. The van der Waals surface area contributed by atoms with Crippen LogP contribution < -0.4 is 0 Å². The summed E-state index contributed by atoms with van der Waals surface area (Å²) in [6.45, 7) is 0. The zero-order chi connectivity index (χ0) is 32.8. The molecule has 0 radical (unpaired) electrons. The van der Waals surface area contributed by atoms with Gasteiger partial charge in [0.15, 0.2) is 0 Å². The Bertz CT molecular complexity index is 2980. The average Bonchev–Trinajstić information content (AvgIpc) is 3.68. The number of hydrogen-bond acceptors (Lipinski definition) is 2. The van der Waals surface area contributed by atoms with Crippen LogP contribution in [-0.2, 0) is 0 Å². The Morgan fingerprint density at radius 2 is 0.780 bits per heavy atom. The van der Waals surface area contributed by atoms with Crippen molar-refractivity contribution in [3.05, 3.63) is 170 Å². The van der Waals surface area contributed by atoms with Gasteiger partial charge in [0.05, 0.1) is 27.8 Å². The monoisotopic (exact) mass is 636 g/mol. The molecular weight excluding hydrogens is 609 g/mol. The Hall–Kier alpha value is -6.78. The molecule has 11 rings (SSSR count). The summed E-state index contributed by atoms with van der Waals surface area (Å²) < 4.78 is 4.63. The summed E-state index contributed by atoms with van der Waals surface area (Å²) >= 11 is 0. The summed E-state index contributed by atoms with van der Waals surface area (Å²) in [5.41, 5.74) is 14.6. The largest absolute Gasteiger partial charge is 0.309 e. The maximum absolute atomic E-state index is 5.51. The Labute approximate surface area is 288 Å². The fraction of sp³-hybridized carbons (Fsp3) is 0. The summed E-state index contributed by atoms with van der Waals surface area (Å²) in [5.74, 6) is 0.655. The molecule has 4 heteroatoms. The van der Waals surface area contributed by atoms with Crippen LogP contribution in [0.5, 0.6) is 0 Å². The number of para-hydroxylation sites is 3. The summed E-state index contributed by atoms with van der Waals surface area (Å²) in [4.78, 5) is 10.7. The highest BCUT2D eigenvalue weighted by Gasteiger charge is 2.25. The van der Waals surface area contributed by atoms with Gasteiger partial charge in [0, 0.05) is 44.6 Å².